The van der Waals surface area contributed by atoms with Gasteiger partial charge in [-0.3, -0.25) is 4.90 Å². The number of nitrogens with zero attached hydrogens (tertiary/aromatic N) is 3. The van der Waals surface area contributed by atoms with Crippen LogP contribution in [0, 0.1) is 0 Å². The number of imidazole rings is 1. The molecular weight excluding hydrogens is 350 g/mol. The molecule has 1 unspecified atom stereocenters. The molecule has 1 fully saturated rings. The van der Waals surface area contributed by atoms with Crippen LogP contribution >= 0.6 is 27.5 Å². The van der Waals surface area contributed by atoms with Gasteiger partial charge in [0.15, 0.2) is 0 Å². The molecule has 1 aliphatic rings. The van der Waals surface area contributed by atoms with Crippen LogP contribution in [0.2, 0.25) is 0 Å². The molecule has 0 amide bonds. The number of rotatable bonds is 6. The molecule has 0 spiro atoms. The van der Waals surface area contributed by atoms with Crippen LogP contribution in [0.5, 0.6) is 0 Å². The lowest BCUT2D eigenvalue weighted by Crippen LogP contribution is -2.34. The molecule has 21 heavy (non-hydrogen) atoms. The van der Waals surface area contributed by atoms with E-state index in [0.29, 0.717) is 11.9 Å². The molecule has 0 N–H and O–H groups in total. The number of aryl methyl sites for hydroxylation is 1. The highest BCUT2D eigenvalue weighted by molar-refractivity contribution is 9.10. The van der Waals surface area contributed by atoms with Crippen molar-refractivity contribution in [3.63, 3.8) is 0 Å². The molecule has 2 aromatic rings. The van der Waals surface area contributed by atoms with Crippen molar-refractivity contribution in [1.82, 2.24) is 14.5 Å². The predicted octanol–water partition coefficient (Wildman–Crippen LogP) is 4.06. The molecule has 1 aromatic carbocycles. The van der Waals surface area contributed by atoms with Gasteiger partial charge in [0.1, 0.15) is 5.82 Å². The SMILES string of the molecule is CC(Cn1c(CCCl)nc2ccc(Br)cc21)N(C)C1CC1. The lowest BCUT2D eigenvalue weighted by Gasteiger charge is -2.25. The maximum Gasteiger partial charge on any atom is 0.111 e. The van der Waals surface area contributed by atoms with Gasteiger partial charge in [0.05, 0.1) is 11.0 Å². The van der Waals surface area contributed by atoms with E-state index < -0.39 is 0 Å². The molecule has 1 aromatic heterocycles. The zero-order valence-electron chi connectivity index (χ0n) is 12.5. The highest BCUT2D eigenvalue weighted by Gasteiger charge is 2.29. The topological polar surface area (TPSA) is 21.1 Å². The fourth-order valence-corrected chi connectivity index (χ4v) is 3.38. The number of alkyl halides is 1. The summed E-state index contributed by atoms with van der Waals surface area (Å²) in [6.07, 6.45) is 3.49. The van der Waals surface area contributed by atoms with Crippen molar-refractivity contribution >= 4 is 38.6 Å². The standard InChI is InChI=1S/C16H21BrClN3/c1-11(20(2)13-4-5-13)10-21-15-9-12(17)3-6-14(15)19-16(21)7-8-18/h3,6,9,11,13H,4-5,7-8,10H2,1-2H3. The number of likely N-dealkylation sites (N-methyl/N-ethyl adjacent to an activating group) is 1. The third-order valence-electron chi connectivity index (χ3n) is 4.37. The van der Waals surface area contributed by atoms with E-state index in [1.165, 1.54) is 18.4 Å². The third kappa shape index (κ3) is 3.27. The minimum Gasteiger partial charge on any atom is -0.326 e. The molecule has 3 rings (SSSR count). The smallest absolute Gasteiger partial charge is 0.111 e. The van der Waals surface area contributed by atoms with Crippen molar-refractivity contribution in [2.75, 3.05) is 12.9 Å². The van der Waals surface area contributed by atoms with Crippen LogP contribution in [0.4, 0.5) is 0 Å². The lowest BCUT2D eigenvalue weighted by atomic mass is 10.2. The van der Waals surface area contributed by atoms with Crippen LogP contribution in [-0.2, 0) is 13.0 Å². The largest absolute Gasteiger partial charge is 0.326 e. The van der Waals surface area contributed by atoms with Crippen LogP contribution in [-0.4, -0.2) is 39.5 Å². The van der Waals surface area contributed by atoms with E-state index in [9.17, 15) is 0 Å². The second-order valence-electron chi connectivity index (χ2n) is 5.96. The Morgan fingerprint density at radius 2 is 2.24 bits per heavy atom. The fourth-order valence-electron chi connectivity index (χ4n) is 2.86. The summed E-state index contributed by atoms with van der Waals surface area (Å²) in [4.78, 5) is 7.25. The van der Waals surface area contributed by atoms with Crippen molar-refractivity contribution in [1.29, 1.82) is 0 Å². The van der Waals surface area contributed by atoms with E-state index in [4.69, 9.17) is 16.6 Å². The third-order valence-corrected chi connectivity index (χ3v) is 5.05. The Labute approximate surface area is 139 Å². The Morgan fingerprint density at radius 1 is 1.48 bits per heavy atom. The van der Waals surface area contributed by atoms with E-state index >= 15 is 0 Å². The summed E-state index contributed by atoms with van der Waals surface area (Å²) in [5.74, 6) is 1.70. The number of benzene rings is 1. The van der Waals surface area contributed by atoms with Gasteiger partial charge in [-0.1, -0.05) is 15.9 Å². The highest BCUT2D eigenvalue weighted by Crippen LogP contribution is 2.28. The van der Waals surface area contributed by atoms with Crippen LogP contribution in [0.1, 0.15) is 25.6 Å². The molecular formula is C16H21BrClN3. The first-order valence-corrected chi connectivity index (χ1v) is 8.85. The van der Waals surface area contributed by atoms with E-state index in [1.807, 2.05) is 6.07 Å². The van der Waals surface area contributed by atoms with Gasteiger partial charge in [-0.25, -0.2) is 4.98 Å². The van der Waals surface area contributed by atoms with Crippen molar-refractivity contribution in [3.05, 3.63) is 28.5 Å². The Balaban J connectivity index is 1.93. The average Bonchev–Trinajstić information content (AvgIpc) is 3.25. The molecule has 3 nitrogen and oxygen atoms in total. The Hall–Kier alpha value is -0.580. The van der Waals surface area contributed by atoms with Gasteiger partial charge < -0.3 is 4.57 Å². The zero-order chi connectivity index (χ0) is 15.0. The average molecular weight is 371 g/mol. The molecule has 1 atom stereocenters. The quantitative estimate of drug-likeness (QED) is 0.715. The number of hydrogen-bond donors (Lipinski definition) is 0. The van der Waals surface area contributed by atoms with Crippen molar-refractivity contribution in [2.45, 2.75) is 44.8 Å². The van der Waals surface area contributed by atoms with E-state index in [0.717, 1.165) is 34.8 Å². The van der Waals surface area contributed by atoms with E-state index in [1.54, 1.807) is 0 Å². The maximum atomic E-state index is 5.95. The summed E-state index contributed by atoms with van der Waals surface area (Å²) in [6.45, 7) is 3.26. The molecule has 1 saturated carbocycles. The molecule has 5 heteroatoms. The molecule has 114 valence electrons. The minimum atomic E-state index is 0.503. The molecule has 1 aliphatic carbocycles. The van der Waals surface area contributed by atoms with Gasteiger partial charge in [-0.05, 0) is 45.0 Å². The number of halogens is 2. The Morgan fingerprint density at radius 3 is 2.90 bits per heavy atom. The van der Waals surface area contributed by atoms with Gasteiger partial charge in [0, 0.05) is 35.4 Å². The van der Waals surface area contributed by atoms with Gasteiger partial charge in [-0.2, -0.15) is 0 Å². The summed E-state index contributed by atoms with van der Waals surface area (Å²) in [5, 5.41) is 0. The number of aromatic nitrogens is 2. The van der Waals surface area contributed by atoms with Crippen LogP contribution in [0.3, 0.4) is 0 Å². The molecule has 1 heterocycles. The second kappa shape index (κ2) is 6.27. The summed E-state index contributed by atoms with van der Waals surface area (Å²) in [5.41, 5.74) is 2.25. The summed E-state index contributed by atoms with van der Waals surface area (Å²) < 4.78 is 3.43. The maximum absolute atomic E-state index is 5.95. The van der Waals surface area contributed by atoms with Crippen LogP contribution < -0.4 is 0 Å². The van der Waals surface area contributed by atoms with Gasteiger partial charge in [0.2, 0.25) is 0 Å². The molecule has 0 bridgehead atoms. The first-order valence-electron chi connectivity index (χ1n) is 7.52. The second-order valence-corrected chi connectivity index (χ2v) is 7.25. The fraction of sp³-hybridized carbons (Fsp3) is 0.562. The van der Waals surface area contributed by atoms with Crippen LogP contribution in [0.25, 0.3) is 11.0 Å². The monoisotopic (exact) mass is 369 g/mol. The zero-order valence-corrected chi connectivity index (χ0v) is 14.9. The Bertz CT molecular complexity index is 636. The Kier molecular flexibility index (Phi) is 4.57. The highest BCUT2D eigenvalue weighted by atomic mass is 79.9. The predicted molar refractivity (Wildman–Crippen MR) is 92.1 cm³/mol. The van der Waals surface area contributed by atoms with E-state index in [2.05, 4.69) is 51.5 Å². The van der Waals surface area contributed by atoms with E-state index in [-0.39, 0.29) is 0 Å². The van der Waals surface area contributed by atoms with Crippen molar-refractivity contribution in [2.24, 2.45) is 0 Å². The summed E-state index contributed by atoms with van der Waals surface area (Å²) >= 11 is 9.52. The minimum absolute atomic E-state index is 0.503. The van der Waals surface area contributed by atoms with Gasteiger partial charge >= 0.3 is 0 Å². The first kappa shape index (κ1) is 15.3. The molecule has 0 saturated heterocycles. The van der Waals surface area contributed by atoms with Gasteiger partial charge in [0.25, 0.3) is 0 Å². The van der Waals surface area contributed by atoms with Gasteiger partial charge in [-0.15, -0.1) is 11.6 Å². The van der Waals surface area contributed by atoms with Crippen molar-refractivity contribution in [3.8, 4) is 0 Å². The molecule has 0 aliphatic heterocycles. The number of fused-ring (bicyclic) bond motifs is 1. The molecule has 0 radical (unpaired) electrons. The van der Waals surface area contributed by atoms with Crippen molar-refractivity contribution < 1.29 is 0 Å². The summed E-state index contributed by atoms with van der Waals surface area (Å²) in [6, 6.07) is 7.55. The summed E-state index contributed by atoms with van der Waals surface area (Å²) in [7, 11) is 2.23. The normalized spacial score (nSPS) is 16.8. The lowest BCUT2D eigenvalue weighted by molar-refractivity contribution is 0.226. The first-order chi connectivity index (χ1) is 10.1. The number of hydrogen-bond acceptors (Lipinski definition) is 2. The van der Waals surface area contributed by atoms with Crippen LogP contribution in [0.15, 0.2) is 22.7 Å².